The Morgan fingerprint density at radius 1 is 0.411 bits per heavy atom. The van der Waals surface area contributed by atoms with Crippen molar-refractivity contribution in [3.05, 3.63) is 179 Å². The van der Waals surface area contributed by atoms with Crippen molar-refractivity contribution in [1.29, 1.82) is 0 Å². The molecular formula is C47H52O9. The molecule has 0 aliphatic carbocycles. The molecule has 0 spiro atoms. The van der Waals surface area contributed by atoms with E-state index in [2.05, 4.69) is 0 Å². The van der Waals surface area contributed by atoms with Crippen LogP contribution in [0, 0.1) is 0 Å². The summed E-state index contributed by atoms with van der Waals surface area (Å²) >= 11 is 0. The predicted octanol–water partition coefficient (Wildman–Crippen LogP) is 8.05. The highest BCUT2D eigenvalue weighted by Gasteiger charge is 2.53. The molecule has 2 aliphatic heterocycles. The average Bonchev–Trinajstić information content (AvgIpc) is 3.58. The smallest absolute Gasteiger partial charge is 0.187 e. The Bertz CT molecular complexity index is 1820. The summed E-state index contributed by atoms with van der Waals surface area (Å²) in [6.07, 6.45) is -5.64. The molecule has 9 atom stereocenters. The van der Waals surface area contributed by atoms with E-state index in [1.807, 2.05) is 159 Å². The van der Waals surface area contributed by atoms with Crippen LogP contribution in [0.2, 0.25) is 0 Å². The SMILES string of the molecule is CO[C@@H]1O[C@H](COCc2ccccc2)[C@@H](OCc2ccccc2)[C@H]1O[C@H]1O[C@@H](C)[C@H](OCc2ccccc2)[C@@H](OCc2ccccc2)[C@H]1OCc1ccccc1. The minimum atomic E-state index is -0.899. The van der Waals surface area contributed by atoms with Gasteiger partial charge in [-0.1, -0.05) is 152 Å². The third-order valence-corrected chi connectivity index (χ3v) is 10.1. The van der Waals surface area contributed by atoms with E-state index in [1.165, 1.54) is 0 Å². The molecule has 2 saturated heterocycles. The molecule has 9 nitrogen and oxygen atoms in total. The first-order chi connectivity index (χ1) is 27.6. The van der Waals surface area contributed by atoms with E-state index in [0.29, 0.717) is 33.0 Å². The Morgan fingerprint density at radius 3 is 1.25 bits per heavy atom. The van der Waals surface area contributed by atoms with Crippen molar-refractivity contribution in [1.82, 2.24) is 0 Å². The van der Waals surface area contributed by atoms with Gasteiger partial charge in [-0.15, -0.1) is 0 Å². The second-order valence-corrected chi connectivity index (χ2v) is 14.1. The van der Waals surface area contributed by atoms with E-state index >= 15 is 0 Å². The summed E-state index contributed by atoms with van der Waals surface area (Å²) in [4.78, 5) is 0. The number of rotatable bonds is 19. The minimum absolute atomic E-state index is 0.266. The van der Waals surface area contributed by atoms with E-state index in [4.69, 9.17) is 42.6 Å². The Labute approximate surface area is 330 Å². The average molecular weight is 761 g/mol. The van der Waals surface area contributed by atoms with Gasteiger partial charge in [0, 0.05) is 7.11 Å². The Kier molecular flexibility index (Phi) is 14.8. The summed E-state index contributed by atoms with van der Waals surface area (Å²) < 4.78 is 59.3. The molecule has 9 heteroatoms. The van der Waals surface area contributed by atoms with Crippen molar-refractivity contribution in [2.75, 3.05) is 13.7 Å². The van der Waals surface area contributed by atoms with Gasteiger partial charge < -0.3 is 42.6 Å². The van der Waals surface area contributed by atoms with Gasteiger partial charge in [0.1, 0.15) is 36.6 Å². The molecule has 0 saturated carbocycles. The molecule has 0 unspecified atom stereocenters. The largest absolute Gasteiger partial charge is 0.374 e. The van der Waals surface area contributed by atoms with Crippen LogP contribution in [-0.2, 0) is 75.7 Å². The van der Waals surface area contributed by atoms with E-state index < -0.39 is 55.3 Å². The molecule has 0 aromatic heterocycles. The van der Waals surface area contributed by atoms with Crippen molar-refractivity contribution in [3.8, 4) is 0 Å². The van der Waals surface area contributed by atoms with E-state index in [9.17, 15) is 0 Å². The lowest BCUT2D eigenvalue weighted by atomic mass is 9.98. The standard InChI is InChI=1S/C47H52O9/c1-34-41(50-29-36-20-10-4-11-21-36)43(52-31-38-24-14-6-15-25-38)44(53-32-39-26-16-7-17-27-39)47(54-34)56-45-42(51-30-37-22-12-5-13-23-37)40(55-46(45)48-2)33-49-28-35-18-8-3-9-19-35/h3-27,34,40-47H,28-33H2,1-2H3/t34-,40+,41-,42+,43+,44+,45+,46+,47+/m0/s1. The van der Waals surface area contributed by atoms with Gasteiger partial charge in [0.2, 0.25) is 0 Å². The molecule has 5 aromatic carbocycles. The van der Waals surface area contributed by atoms with Gasteiger partial charge in [-0.2, -0.15) is 0 Å². The molecular weight excluding hydrogens is 709 g/mol. The molecule has 0 radical (unpaired) electrons. The van der Waals surface area contributed by atoms with Crippen LogP contribution in [-0.4, -0.2) is 69.0 Å². The van der Waals surface area contributed by atoms with Crippen LogP contribution < -0.4 is 0 Å². The summed E-state index contributed by atoms with van der Waals surface area (Å²) in [5.74, 6) is 0. The fraction of sp³-hybridized carbons (Fsp3) is 0.362. The van der Waals surface area contributed by atoms with Crippen LogP contribution in [0.15, 0.2) is 152 Å². The summed E-state index contributed by atoms with van der Waals surface area (Å²) in [6, 6.07) is 50.3. The van der Waals surface area contributed by atoms with Crippen LogP contribution in [0.1, 0.15) is 34.7 Å². The van der Waals surface area contributed by atoms with Crippen molar-refractivity contribution >= 4 is 0 Å². The maximum Gasteiger partial charge on any atom is 0.187 e. The quantitative estimate of drug-likeness (QED) is 0.0831. The van der Waals surface area contributed by atoms with Crippen molar-refractivity contribution in [3.63, 3.8) is 0 Å². The monoisotopic (exact) mass is 760 g/mol. The topological polar surface area (TPSA) is 83.1 Å². The first-order valence-corrected chi connectivity index (χ1v) is 19.4. The van der Waals surface area contributed by atoms with Gasteiger partial charge in [-0.05, 0) is 34.7 Å². The first kappa shape index (κ1) is 40.0. The van der Waals surface area contributed by atoms with Crippen LogP contribution in [0.5, 0.6) is 0 Å². The number of hydrogen-bond acceptors (Lipinski definition) is 9. The van der Waals surface area contributed by atoms with Crippen LogP contribution in [0.3, 0.4) is 0 Å². The normalized spacial score (nSPS) is 26.3. The Hall–Kier alpha value is -4.26. The molecule has 7 rings (SSSR count). The first-order valence-electron chi connectivity index (χ1n) is 19.4. The fourth-order valence-corrected chi connectivity index (χ4v) is 7.13. The second-order valence-electron chi connectivity index (χ2n) is 14.1. The Balaban J connectivity index is 1.16. The fourth-order valence-electron chi connectivity index (χ4n) is 7.13. The van der Waals surface area contributed by atoms with Crippen molar-refractivity contribution < 1.29 is 42.6 Å². The van der Waals surface area contributed by atoms with Crippen LogP contribution in [0.4, 0.5) is 0 Å². The molecule has 0 bridgehead atoms. The lowest BCUT2D eigenvalue weighted by molar-refractivity contribution is -0.340. The Morgan fingerprint density at radius 2 is 0.804 bits per heavy atom. The maximum absolute atomic E-state index is 7.00. The highest BCUT2D eigenvalue weighted by molar-refractivity contribution is 5.17. The number of methoxy groups -OCH3 is 1. The molecule has 2 heterocycles. The highest BCUT2D eigenvalue weighted by atomic mass is 16.8. The van der Waals surface area contributed by atoms with Gasteiger partial charge in [-0.25, -0.2) is 0 Å². The lowest BCUT2D eigenvalue weighted by Gasteiger charge is -2.46. The van der Waals surface area contributed by atoms with Crippen molar-refractivity contribution in [2.24, 2.45) is 0 Å². The van der Waals surface area contributed by atoms with E-state index in [1.54, 1.807) is 7.11 Å². The lowest BCUT2D eigenvalue weighted by Crippen LogP contribution is -2.61. The molecule has 5 aromatic rings. The molecule has 56 heavy (non-hydrogen) atoms. The maximum atomic E-state index is 7.00. The predicted molar refractivity (Wildman–Crippen MR) is 211 cm³/mol. The zero-order valence-corrected chi connectivity index (χ0v) is 32.0. The highest BCUT2D eigenvalue weighted by Crippen LogP contribution is 2.36. The number of ether oxygens (including phenoxy) is 9. The van der Waals surface area contributed by atoms with E-state index in [-0.39, 0.29) is 6.61 Å². The summed E-state index contributed by atoms with van der Waals surface area (Å²) in [5, 5.41) is 0. The minimum Gasteiger partial charge on any atom is -0.374 e. The van der Waals surface area contributed by atoms with Crippen LogP contribution in [0.25, 0.3) is 0 Å². The summed E-state index contributed by atoms with van der Waals surface area (Å²) in [7, 11) is 1.61. The molecule has 2 aliphatic rings. The second kappa shape index (κ2) is 20.8. The zero-order valence-electron chi connectivity index (χ0n) is 32.0. The van der Waals surface area contributed by atoms with Gasteiger partial charge in [0.15, 0.2) is 12.6 Å². The van der Waals surface area contributed by atoms with Gasteiger partial charge in [0.05, 0.1) is 45.7 Å². The van der Waals surface area contributed by atoms with Gasteiger partial charge >= 0.3 is 0 Å². The third-order valence-electron chi connectivity index (χ3n) is 10.1. The van der Waals surface area contributed by atoms with E-state index in [0.717, 1.165) is 27.8 Å². The van der Waals surface area contributed by atoms with Crippen molar-refractivity contribution in [2.45, 2.75) is 95.3 Å². The van der Waals surface area contributed by atoms with Gasteiger partial charge in [0.25, 0.3) is 0 Å². The van der Waals surface area contributed by atoms with Gasteiger partial charge in [-0.3, -0.25) is 0 Å². The third kappa shape index (κ3) is 11.0. The summed E-state index contributed by atoms with van der Waals surface area (Å²) in [6.45, 7) is 4.05. The summed E-state index contributed by atoms with van der Waals surface area (Å²) in [5.41, 5.74) is 5.18. The molecule has 2 fully saturated rings. The number of hydrogen-bond donors (Lipinski definition) is 0. The molecule has 0 amide bonds. The molecule has 0 N–H and O–H groups in total. The zero-order chi connectivity index (χ0) is 38.4. The number of benzene rings is 5. The molecule has 294 valence electrons. The van der Waals surface area contributed by atoms with Crippen LogP contribution >= 0.6 is 0 Å².